The number of carbonyl (C=O) groups is 1. The van der Waals surface area contributed by atoms with Crippen LogP contribution in [0.2, 0.25) is 5.02 Å². The van der Waals surface area contributed by atoms with Gasteiger partial charge >= 0.3 is 0 Å². The molecule has 0 spiro atoms. The molecule has 5 nitrogen and oxygen atoms in total. The van der Waals surface area contributed by atoms with E-state index in [2.05, 4.69) is 10.0 Å². The number of benzene rings is 2. The first-order valence-electron chi connectivity index (χ1n) is 7.14. The fraction of sp³-hybridized carbons (Fsp3) is 0.188. The maximum absolute atomic E-state index is 12.5. The third-order valence-electron chi connectivity index (χ3n) is 3.45. The quantitative estimate of drug-likeness (QED) is 0.870. The minimum Gasteiger partial charge on any atom is -0.349 e. The van der Waals surface area contributed by atoms with Gasteiger partial charge in [0.05, 0.1) is 16.3 Å². The molecule has 0 atom stereocenters. The highest BCUT2D eigenvalue weighted by Crippen LogP contribution is 2.26. The largest absolute Gasteiger partial charge is 0.349 e. The molecule has 3 rings (SSSR count). The van der Waals surface area contributed by atoms with Gasteiger partial charge < -0.3 is 5.32 Å². The van der Waals surface area contributed by atoms with Gasteiger partial charge in [0.15, 0.2) is 0 Å². The van der Waals surface area contributed by atoms with Gasteiger partial charge in [-0.1, -0.05) is 35.9 Å². The molecule has 0 saturated heterocycles. The average Bonchev–Trinajstić information content (AvgIpc) is 3.31. The summed E-state index contributed by atoms with van der Waals surface area (Å²) < 4.78 is 27.5. The van der Waals surface area contributed by atoms with Crippen molar-refractivity contribution >= 4 is 33.2 Å². The van der Waals surface area contributed by atoms with Gasteiger partial charge in [0.1, 0.15) is 4.90 Å². The lowest BCUT2D eigenvalue weighted by atomic mass is 10.1. The molecule has 1 aliphatic rings. The number of para-hydroxylation sites is 1. The zero-order valence-corrected chi connectivity index (χ0v) is 13.7. The number of rotatable bonds is 5. The molecule has 0 aromatic heterocycles. The number of anilines is 1. The molecule has 0 heterocycles. The van der Waals surface area contributed by atoms with Crippen molar-refractivity contribution in [3.8, 4) is 0 Å². The Morgan fingerprint density at radius 1 is 1.04 bits per heavy atom. The summed E-state index contributed by atoms with van der Waals surface area (Å²) in [5.74, 6) is -0.287. The minimum absolute atomic E-state index is 0.0286. The van der Waals surface area contributed by atoms with Gasteiger partial charge in [0, 0.05) is 6.04 Å². The van der Waals surface area contributed by atoms with Gasteiger partial charge in [-0.2, -0.15) is 0 Å². The number of sulfonamides is 1. The Morgan fingerprint density at radius 3 is 2.39 bits per heavy atom. The van der Waals surface area contributed by atoms with Crippen LogP contribution in [-0.4, -0.2) is 20.4 Å². The van der Waals surface area contributed by atoms with E-state index < -0.39 is 10.0 Å². The maximum Gasteiger partial charge on any atom is 0.263 e. The van der Waals surface area contributed by atoms with E-state index in [1.165, 1.54) is 12.1 Å². The van der Waals surface area contributed by atoms with Gasteiger partial charge in [-0.05, 0) is 37.1 Å². The molecule has 1 aliphatic carbocycles. The van der Waals surface area contributed by atoms with Gasteiger partial charge in [0.25, 0.3) is 15.9 Å². The Balaban J connectivity index is 1.90. The number of hydrogen-bond acceptors (Lipinski definition) is 3. The van der Waals surface area contributed by atoms with Crippen molar-refractivity contribution in [2.24, 2.45) is 0 Å². The highest BCUT2D eigenvalue weighted by atomic mass is 35.5. The van der Waals surface area contributed by atoms with Crippen LogP contribution >= 0.6 is 11.6 Å². The number of amides is 1. The van der Waals surface area contributed by atoms with Crippen LogP contribution in [0.3, 0.4) is 0 Å². The normalized spacial score (nSPS) is 14.3. The minimum atomic E-state index is -3.87. The summed E-state index contributed by atoms with van der Waals surface area (Å²) in [4.78, 5) is 12.2. The Hall–Kier alpha value is -2.05. The maximum atomic E-state index is 12.5. The van der Waals surface area contributed by atoms with E-state index in [9.17, 15) is 13.2 Å². The van der Waals surface area contributed by atoms with Crippen LogP contribution < -0.4 is 10.0 Å². The summed E-state index contributed by atoms with van der Waals surface area (Å²) in [6, 6.07) is 12.8. The van der Waals surface area contributed by atoms with Crippen molar-refractivity contribution in [2.75, 3.05) is 4.72 Å². The third-order valence-corrected chi connectivity index (χ3v) is 5.32. The molecule has 0 radical (unpaired) electrons. The van der Waals surface area contributed by atoms with E-state index in [0.717, 1.165) is 12.8 Å². The first kappa shape index (κ1) is 15.8. The number of halogens is 1. The molecule has 1 saturated carbocycles. The number of nitrogens with one attached hydrogen (secondary N) is 2. The molecular formula is C16H15ClN2O3S. The molecule has 1 fully saturated rings. The third kappa shape index (κ3) is 3.65. The second kappa shape index (κ2) is 6.22. The molecule has 23 heavy (non-hydrogen) atoms. The Bertz CT molecular complexity index is 848. The van der Waals surface area contributed by atoms with Crippen LogP contribution in [0.5, 0.6) is 0 Å². The Morgan fingerprint density at radius 2 is 1.70 bits per heavy atom. The highest BCUT2D eigenvalue weighted by Gasteiger charge is 2.26. The predicted octanol–water partition coefficient (Wildman–Crippen LogP) is 3.03. The van der Waals surface area contributed by atoms with Crippen LogP contribution in [0, 0.1) is 0 Å². The summed E-state index contributed by atoms with van der Waals surface area (Å²) in [5.41, 5.74) is 0.514. The van der Waals surface area contributed by atoms with Crippen molar-refractivity contribution in [1.29, 1.82) is 0 Å². The predicted molar refractivity (Wildman–Crippen MR) is 89.2 cm³/mol. The van der Waals surface area contributed by atoms with E-state index in [4.69, 9.17) is 11.6 Å². The monoisotopic (exact) mass is 350 g/mol. The Kier molecular flexibility index (Phi) is 4.28. The van der Waals surface area contributed by atoms with Crippen molar-refractivity contribution in [2.45, 2.75) is 23.8 Å². The molecule has 2 N–H and O–H groups in total. The average molecular weight is 351 g/mol. The van der Waals surface area contributed by atoms with Gasteiger partial charge in [0.2, 0.25) is 0 Å². The first-order valence-corrected chi connectivity index (χ1v) is 9.01. The lowest BCUT2D eigenvalue weighted by Crippen LogP contribution is -2.27. The lowest BCUT2D eigenvalue weighted by Gasteiger charge is -2.13. The fourth-order valence-corrected chi connectivity index (χ4v) is 3.72. The van der Waals surface area contributed by atoms with Crippen molar-refractivity contribution in [3.63, 3.8) is 0 Å². The zero-order chi connectivity index (χ0) is 16.4. The summed E-state index contributed by atoms with van der Waals surface area (Å²) in [6.45, 7) is 0. The van der Waals surface area contributed by atoms with E-state index in [1.54, 1.807) is 36.4 Å². The summed E-state index contributed by atoms with van der Waals surface area (Å²) in [7, 11) is -3.87. The van der Waals surface area contributed by atoms with Crippen molar-refractivity contribution in [3.05, 3.63) is 59.1 Å². The van der Waals surface area contributed by atoms with Crippen LogP contribution in [0.4, 0.5) is 5.69 Å². The molecule has 0 bridgehead atoms. The standard InChI is InChI=1S/C16H15ClN2O3S/c17-13-6-2-4-8-15(13)23(21,22)19-14-7-3-1-5-12(14)16(20)18-11-9-10-11/h1-8,11,19H,9-10H2,(H,18,20). The summed E-state index contributed by atoms with van der Waals surface area (Å²) >= 11 is 5.96. The Labute approximate surface area is 139 Å². The molecule has 120 valence electrons. The van der Waals surface area contributed by atoms with E-state index >= 15 is 0 Å². The fourth-order valence-electron chi connectivity index (χ4n) is 2.12. The van der Waals surface area contributed by atoms with Crippen LogP contribution in [0.25, 0.3) is 0 Å². The SMILES string of the molecule is O=C(NC1CC1)c1ccccc1NS(=O)(=O)c1ccccc1Cl. The van der Waals surface area contributed by atoms with Crippen molar-refractivity contribution < 1.29 is 13.2 Å². The van der Waals surface area contributed by atoms with Gasteiger partial charge in [-0.25, -0.2) is 8.42 Å². The molecular weight excluding hydrogens is 336 g/mol. The molecule has 0 unspecified atom stereocenters. The topological polar surface area (TPSA) is 75.3 Å². The zero-order valence-electron chi connectivity index (χ0n) is 12.1. The van der Waals surface area contributed by atoms with E-state index in [1.807, 2.05) is 0 Å². The lowest BCUT2D eigenvalue weighted by molar-refractivity contribution is 0.0952. The number of carbonyl (C=O) groups excluding carboxylic acids is 1. The van der Waals surface area contributed by atoms with Crippen LogP contribution in [0.1, 0.15) is 23.2 Å². The summed E-state index contributed by atoms with van der Waals surface area (Å²) in [6.07, 6.45) is 1.92. The smallest absolute Gasteiger partial charge is 0.263 e. The van der Waals surface area contributed by atoms with Crippen LogP contribution in [0.15, 0.2) is 53.4 Å². The van der Waals surface area contributed by atoms with E-state index in [0.29, 0.717) is 0 Å². The highest BCUT2D eigenvalue weighted by molar-refractivity contribution is 7.92. The van der Waals surface area contributed by atoms with Gasteiger partial charge in [-0.3, -0.25) is 9.52 Å². The van der Waals surface area contributed by atoms with Crippen LogP contribution in [-0.2, 0) is 10.0 Å². The number of hydrogen-bond donors (Lipinski definition) is 2. The first-order chi connectivity index (χ1) is 11.0. The molecule has 7 heteroatoms. The summed E-state index contributed by atoms with van der Waals surface area (Å²) in [5, 5.41) is 2.97. The second-order valence-electron chi connectivity index (χ2n) is 5.33. The molecule has 0 aliphatic heterocycles. The molecule has 2 aromatic rings. The van der Waals surface area contributed by atoms with Gasteiger partial charge in [-0.15, -0.1) is 0 Å². The van der Waals surface area contributed by atoms with E-state index in [-0.39, 0.29) is 33.1 Å². The molecule has 2 aromatic carbocycles. The second-order valence-corrected chi connectivity index (χ2v) is 7.39. The van der Waals surface area contributed by atoms with Crippen molar-refractivity contribution in [1.82, 2.24) is 5.32 Å². The molecule has 1 amide bonds.